The molecule has 136 valence electrons. The third kappa shape index (κ3) is 4.81. The van der Waals surface area contributed by atoms with E-state index in [4.69, 9.17) is 0 Å². The van der Waals surface area contributed by atoms with E-state index in [-0.39, 0.29) is 24.3 Å². The first-order valence-electron chi connectivity index (χ1n) is 8.82. The maximum atomic E-state index is 12.3. The topological polar surface area (TPSA) is 87.3 Å². The summed E-state index contributed by atoms with van der Waals surface area (Å²) in [6.07, 6.45) is 1.02. The van der Waals surface area contributed by atoms with E-state index in [0.717, 1.165) is 12.0 Å². The van der Waals surface area contributed by atoms with E-state index in [1.807, 2.05) is 13.8 Å². The van der Waals surface area contributed by atoms with E-state index in [9.17, 15) is 14.4 Å². The maximum Gasteiger partial charge on any atom is 0.322 e. The molecule has 1 saturated heterocycles. The summed E-state index contributed by atoms with van der Waals surface area (Å²) < 4.78 is 0. The standard InChI is InChI=1S/C19H27N3O3/c1-5-12(4)13-6-8-14(9-7-13)17(11(2)3)21-16(23)10-15-18(24)22-19(25)20-15/h6-9,11-12,15,17H,5,10H2,1-4H3,(H,21,23)(H2,20,22,24,25)/t12-,15+,17-/m0/s1. The average Bonchev–Trinajstić information content (AvgIpc) is 2.89. The van der Waals surface area contributed by atoms with Crippen molar-refractivity contribution in [1.82, 2.24) is 16.0 Å². The van der Waals surface area contributed by atoms with E-state index in [2.05, 4.69) is 54.1 Å². The van der Waals surface area contributed by atoms with Gasteiger partial charge in [0.25, 0.3) is 5.91 Å². The highest BCUT2D eigenvalue weighted by molar-refractivity contribution is 6.05. The molecule has 1 aromatic carbocycles. The highest BCUT2D eigenvalue weighted by atomic mass is 16.2. The lowest BCUT2D eigenvalue weighted by atomic mass is 9.92. The summed E-state index contributed by atoms with van der Waals surface area (Å²) in [5, 5.41) is 7.56. The summed E-state index contributed by atoms with van der Waals surface area (Å²) >= 11 is 0. The fraction of sp³-hybridized carbons (Fsp3) is 0.526. The maximum absolute atomic E-state index is 12.3. The third-order valence-electron chi connectivity index (χ3n) is 4.71. The van der Waals surface area contributed by atoms with Crippen LogP contribution < -0.4 is 16.0 Å². The van der Waals surface area contributed by atoms with Gasteiger partial charge in [-0.3, -0.25) is 14.9 Å². The molecule has 6 nitrogen and oxygen atoms in total. The smallest absolute Gasteiger partial charge is 0.322 e. The van der Waals surface area contributed by atoms with Crippen LogP contribution in [0.5, 0.6) is 0 Å². The zero-order valence-corrected chi connectivity index (χ0v) is 15.3. The third-order valence-corrected chi connectivity index (χ3v) is 4.71. The van der Waals surface area contributed by atoms with E-state index < -0.39 is 18.0 Å². The zero-order valence-electron chi connectivity index (χ0n) is 15.3. The lowest BCUT2D eigenvalue weighted by molar-refractivity contribution is -0.127. The number of hydrogen-bond acceptors (Lipinski definition) is 3. The van der Waals surface area contributed by atoms with Crippen molar-refractivity contribution in [3.63, 3.8) is 0 Å². The molecule has 0 spiro atoms. The first kappa shape index (κ1) is 19.0. The minimum Gasteiger partial charge on any atom is -0.349 e. The van der Waals surface area contributed by atoms with Crippen molar-refractivity contribution in [2.24, 2.45) is 5.92 Å². The number of hydrogen-bond donors (Lipinski definition) is 3. The molecule has 1 aromatic rings. The number of urea groups is 1. The molecule has 2 rings (SSSR count). The predicted octanol–water partition coefficient (Wildman–Crippen LogP) is 2.61. The minimum absolute atomic E-state index is 0.0637. The van der Waals surface area contributed by atoms with Crippen LogP contribution in [0.4, 0.5) is 4.79 Å². The Morgan fingerprint density at radius 3 is 2.20 bits per heavy atom. The second-order valence-electron chi connectivity index (χ2n) is 6.98. The monoisotopic (exact) mass is 345 g/mol. The van der Waals surface area contributed by atoms with E-state index in [1.165, 1.54) is 5.56 Å². The van der Waals surface area contributed by atoms with Gasteiger partial charge in [0.05, 0.1) is 12.5 Å². The highest BCUT2D eigenvalue weighted by Crippen LogP contribution is 2.25. The van der Waals surface area contributed by atoms with Gasteiger partial charge in [-0.15, -0.1) is 0 Å². The van der Waals surface area contributed by atoms with Crippen LogP contribution in [0.15, 0.2) is 24.3 Å². The normalized spacial score (nSPS) is 19.3. The van der Waals surface area contributed by atoms with Crippen LogP contribution in [0.2, 0.25) is 0 Å². The van der Waals surface area contributed by atoms with Crippen LogP contribution >= 0.6 is 0 Å². The van der Waals surface area contributed by atoms with Gasteiger partial charge in [-0.2, -0.15) is 0 Å². The molecule has 3 atom stereocenters. The Labute approximate surface area is 148 Å². The molecule has 0 saturated carbocycles. The van der Waals surface area contributed by atoms with Gasteiger partial charge < -0.3 is 10.6 Å². The van der Waals surface area contributed by atoms with Crippen LogP contribution in [-0.2, 0) is 9.59 Å². The number of rotatable bonds is 7. The largest absolute Gasteiger partial charge is 0.349 e. The lowest BCUT2D eigenvalue weighted by Gasteiger charge is -2.24. The Kier molecular flexibility index (Phi) is 6.17. The Bertz CT molecular complexity index is 640. The molecular weight excluding hydrogens is 318 g/mol. The van der Waals surface area contributed by atoms with Crippen molar-refractivity contribution >= 4 is 17.8 Å². The van der Waals surface area contributed by atoms with Gasteiger partial charge in [0.2, 0.25) is 5.91 Å². The first-order chi connectivity index (χ1) is 11.8. The fourth-order valence-corrected chi connectivity index (χ4v) is 2.92. The van der Waals surface area contributed by atoms with E-state index in [0.29, 0.717) is 5.92 Å². The van der Waals surface area contributed by atoms with Crippen molar-refractivity contribution < 1.29 is 14.4 Å². The number of nitrogens with one attached hydrogen (secondary N) is 3. The van der Waals surface area contributed by atoms with Gasteiger partial charge in [-0.05, 0) is 29.4 Å². The van der Waals surface area contributed by atoms with Crippen molar-refractivity contribution in [3.8, 4) is 0 Å². The molecule has 0 aliphatic carbocycles. The summed E-state index contributed by atoms with van der Waals surface area (Å²) in [5.41, 5.74) is 2.32. The van der Waals surface area contributed by atoms with Crippen molar-refractivity contribution in [1.29, 1.82) is 0 Å². The van der Waals surface area contributed by atoms with Gasteiger partial charge in [0.15, 0.2) is 0 Å². The quantitative estimate of drug-likeness (QED) is 0.664. The second kappa shape index (κ2) is 8.14. The van der Waals surface area contributed by atoms with Gasteiger partial charge in [-0.25, -0.2) is 4.79 Å². The van der Waals surface area contributed by atoms with Gasteiger partial charge in [-0.1, -0.05) is 52.0 Å². The molecule has 4 amide bonds. The van der Waals surface area contributed by atoms with Crippen LogP contribution in [0.1, 0.15) is 63.6 Å². The van der Waals surface area contributed by atoms with Gasteiger partial charge in [0, 0.05) is 0 Å². The molecule has 0 radical (unpaired) electrons. The average molecular weight is 345 g/mol. The molecule has 0 bridgehead atoms. The van der Waals surface area contributed by atoms with E-state index >= 15 is 0 Å². The minimum atomic E-state index is -0.798. The van der Waals surface area contributed by atoms with Crippen LogP contribution in [0.3, 0.4) is 0 Å². The molecule has 3 N–H and O–H groups in total. The van der Waals surface area contributed by atoms with Crippen molar-refractivity contribution in [2.75, 3.05) is 0 Å². The number of benzene rings is 1. The van der Waals surface area contributed by atoms with Crippen molar-refractivity contribution in [2.45, 2.75) is 58.5 Å². The second-order valence-corrected chi connectivity index (χ2v) is 6.98. The molecule has 0 aromatic heterocycles. The Hall–Kier alpha value is -2.37. The van der Waals surface area contributed by atoms with Gasteiger partial charge >= 0.3 is 6.03 Å². The highest BCUT2D eigenvalue weighted by Gasteiger charge is 2.32. The van der Waals surface area contributed by atoms with Crippen LogP contribution in [0.25, 0.3) is 0 Å². The molecule has 6 heteroatoms. The Morgan fingerprint density at radius 2 is 1.72 bits per heavy atom. The first-order valence-corrected chi connectivity index (χ1v) is 8.82. The van der Waals surface area contributed by atoms with Crippen LogP contribution in [-0.4, -0.2) is 23.9 Å². The Morgan fingerprint density at radius 1 is 1.12 bits per heavy atom. The molecular formula is C19H27N3O3. The molecule has 25 heavy (non-hydrogen) atoms. The number of carbonyl (C=O) groups is 3. The summed E-state index contributed by atoms with van der Waals surface area (Å²) in [5.74, 6) is -0.0118. The summed E-state index contributed by atoms with van der Waals surface area (Å²) in [4.78, 5) is 35.0. The molecule has 1 heterocycles. The van der Waals surface area contributed by atoms with E-state index in [1.54, 1.807) is 0 Å². The SMILES string of the molecule is CC[C@H](C)c1ccc([C@@H](NC(=O)C[C@H]2NC(=O)NC2=O)C(C)C)cc1. The number of amides is 4. The molecule has 1 aliphatic heterocycles. The number of carbonyl (C=O) groups excluding carboxylic acids is 3. The number of imide groups is 1. The van der Waals surface area contributed by atoms with Crippen molar-refractivity contribution in [3.05, 3.63) is 35.4 Å². The molecule has 0 unspecified atom stereocenters. The summed E-state index contributed by atoms with van der Waals surface area (Å²) in [6.45, 7) is 8.43. The van der Waals surface area contributed by atoms with Gasteiger partial charge in [0.1, 0.15) is 6.04 Å². The lowest BCUT2D eigenvalue weighted by Crippen LogP contribution is -2.38. The molecule has 1 aliphatic rings. The molecule has 1 fully saturated rings. The Balaban J connectivity index is 2.04. The summed E-state index contributed by atoms with van der Waals surface area (Å²) in [6, 6.07) is 6.83. The predicted molar refractivity (Wildman–Crippen MR) is 95.9 cm³/mol. The summed E-state index contributed by atoms with van der Waals surface area (Å²) in [7, 11) is 0. The fourth-order valence-electron chi connectivity index (χ4n) is 2.92. The zero-order chi connectivity index (χ0) is 18.6. The van der Waals surface area contributed by atoms with Crippen LogP contribution in [0, 0.1) is 5.92 Å².